The van der Waals surface area contributed by atoms with Crippen LogP contribution >= 0.6 is 22.9 Å². The second kappa shape index (κ2) is 5.95. The molecule has 1 rings (SSSR count). The first-order valence-electron chi connectivity index (χ1n) is 5.01. The Morgan fingerprint density at radius 3 is 2.62 bits per heavy atom. The van der Waals surface area contributed by atoms with E-state index in [9.17, 15) is 8.42 Å². The first-order valence-corrected chi connectivity index (χ1v) is 7.80. The molecule has 0 N–H and O–H groups in total. The van der Waals surface area contributed by atoms with Crippen molar-refractivity contribution in [2.75, 3.05) is 19.0 Å². The van der Waals surface area contributed by atoms with Gasteiger partial charge in [-0.1, -0.05) is 6.92 Å². The molecule has 0 saturated carbocycles. The summed E-state index contributed by atoms with van der Waals surface area (Å²) in [5, 5.41) is 0.751. The van der Waals surface area contributed by atoms with E-state index in [1.807, 2.05) is 6.92 Å². The normalized spacial score (nSPS) is 12.2. The van der Waals surface area contributed by atoms with Crippen LogP contribution in [0.15, 0.2) is 10.4 Å². The SMILES string of the molecule is CCCN(CCCl)S(=O)(=O)c1cnc(C)s1. The summed E-state index contributed by atoms with van der Waals surface area (Å²) in [5.74, 6) is 0.303. The van der Waals surface area contributed by atoms with Gasteiger partial charge in [0.05, 0.1) is 11.2 Å². The lowest BCUT2D eigenvalue weighted by Crippen LogP contribution is -2.33. The largest absolute Gasteiger partial charge is 0.254 e. The summed E-state index contributed by atoms with van der Waals surface area (Å²) in [6, 6.07) is 0. The molecule has 1 heterocycles. The molecule has 0 bridgehead atoms. The lowest BCUT2D eigenvalue weighted by molar-refractivity contribution is 0.430. The van der Waals surface area contributed by atoms with Crippen molar-refractivity contribution in [3.05, 3.63) is 11.2 Å². The number of hydrogen-bond acceptors (Lipinski definition) is 4. The lowest BCUT2D eigenvalue weighted by atomic mass is 10.5. The first kappa shape index (κ1) is 13.9. The maximum Gasteiger partial charge on any atom is 0.254 e. The number of aryl methyl sites for hydroxylation is 1. The molecule has 1 aromatic rings. The van der Waals surface area contributed by atoms with Gasteiger partial charge in [0.25, 0.3) is 10.0 Å². The summed E-state index contributed by atoms with van der Waals surface area (Å²) in [7, 11) is -3.40. The van der Waals surface area contributed by atoms with Crippen LogP contribution in [0.3, 0.4) is 0 Å². The molecule has 0 amide bonds. The van der Waals surface area contributed by atoms with Crippen LogP contribution in [0.25, 0.3) is 0 Å². The van der Waals surface area contributed by atoms with Gasteiger partial charge in [0, 0.05) is 19.0 Å². The zero-order chi connectivity index (χ0) is 12.2. The number of aromatic nitrogens is 1. The maximum atomic E-state index is 12.2. The average molecular weight is 283 g/mol. The smallest absolute Gasteiger partial charge is 0.249 e. The molecule has 0 saturated heterocycles. The summed E-state index contributed by atoms with van der Waals surface area (Å²) in [5.41, 5.74) is 0. The summed E-state index contributed by atoms with van der Waals surface area (Å²) in [6.07, 6.45) is 2.18. The molecule has 0 fully saturated rings. The molecule has 0 atom stereocenters. The highest BCUT2D eigenvalue weighted by Crippen LogP contribution is 2.22. The number of sulfonamides is 1. The zero-order valence-corrected chi connectivity index (χ0v) is 11.7. The Bertz CT molecular complexity index is 424. The molecule has 0 aliphatic carbocycles. The van der Waals surface area contributed by atoms with Gasteiger partial charge in [-0.25, -0.2) is 13.4 Å². The Morgan fingerprint density at radius 1 is 1.50 bits per heavy atom. The quantitative estimate of drug-likeness (QED) is 0.751. The van der Waals surface area contributed by atoms with Crippen molar-refractivity contribution in [2.45, 2.75) is 24.5 Å². The van der Waals surface area contributed by atoms with Gasteiger partial charge in [-0.05, 0) is 13.3 Å². The second-order valence-electron chi connectivity index (χ2n) is 3.29. The number of nitrogens with zero attached hydrogens (tertiary/aromatic N) is 2. The highest BCUT2D eigenvalue weighted by Gasteiger charge is 2.25. The monoisotopic (exact) mass is 282 g/mol. The van der Waals surface area contributed by atoms with Crippen molar-refractivity contribution >= 4 is 33.0 Å². The van der Waals surface area contributed by atoms with Crippen LogP contribution in [0.1, 0.15) is 18.4 Å². The Labute approximate surface area is 105 Å². The van der Waals surface area contributed by atoms with Gasteiger partial charge in [-0.2, -0.15) is 4.31 Å². The topological polar surface area (TPSA) is 50.3 Å². The van der Waals surface area contributed by atoms with Gasteiger partial charge >= 0.3 is 0 Å². The van der Waals surface area contributed by atoms with Gasteiger partial charge in [0.2, 0.25) is 0 Å². The van der Waals surface area contributed by atoms with Crippen LogP contribution in [-0.4, -0.2) is 36.7 Å². The van der Waals surface area contributed by atoms with E-state index in [2.05, 4.69) is 4.98 Å². The van der Waals surface area contributed by atoms with Crippen LogP contribution in [0, 0.1) is 6.92 Å². The second-order valence-corrected chi connectivity index (χ2v) is 7.07. The van der Waals surface area contributed by atoms with Crippen molar-refractivity contribution < 1.29 is 8.42 Å². The number of rotatable bonds is 6. The minimum atomic E-state index is -3.40. The summed E-state index contributed by atoms with van der Waals surface area (Å²) in [6.45, 7) is 4.56. The van der Waals surface area contributed by atoms with E-state index < -0.39 is 10.0 Å². The number of thiazole rings is 1. The zero-order valence-electron chi connectivity index (χ0n) is 9.31. The lowest BCUT2D eigenvalue weighted by Gasteiger charge is -2.18. The van der Waals surface area contributed by atoms with E-state index in [0.717, 1.165) is 11.4 Å². The van der Waals surface area contributed by atoms with E-state index in [4.69, 9.17) is 11.6 Å². The van der Waals surface area contributed by atoms with E-state index in [1.165, 1.54) is 21.8 Å². The number of alkyl halides is 1. The van der Waals surface area contributed by atoms with E-state index in [0.29, 0.717) is 23.2 Å². The van der Waals surface area contributed by atoms with E-state index in [1.54, 1.807) is 6.92 Å². The Morgan fingerprint density at radius 2 is 2.19 bits per heavy atom. The molecule has 16 heavy (non-hydrogen) atoms. The van der Waals surface area contributed by atoms with Gasteiger partial charge in [-0.15, -0.1) is 22.9 Å². The van der Waals surface area contributed by atoms with Crippen molar-refractivity contribution in [1.82, 2.24) is 9.29 Å². The summed E-state index contributed by atoms with van der Waals surface area (Å²) < 4.78 is 26.0. The van der Waals surface area contributed by atoms with Crippen LogP contribution in [0.2, 0.25) is 0 Å². The molecule has 1 aromatic heterocycles. The maximum absolute atomic E-state index is 12.2. The molecule has 0 radical (unpaired) electrons. The first-order chi connectivity index (χ1) is 7.52. The van der Waals surface area contributed by atoms with Crippen LogP contribution in [-0.2, 0) is 10.0 Å². The van der Waals surface area contributed by atoms with Crippen molar-refractivity contribution in [3.8, 4) is 0 Å². The third-order valence-electron chi connectivity index (χ3n) is 2.00. The predicted octanol–water partition coefficient (Wildman–Crippen LogP) is 2.09. The molecule has 0 aliphatic rings. The highest BCUT2D eigenvalue weighted by molar-refractivity contribution is 7.91. The Balaban J connectivity index is 2.97. The fourth-order valence-corrected chi connectivity index (χ4v) is 4.38. The highest BCUT2D eigenvalue weighted by atomic mass is 35.5. The van der Waals surface area contributed by atoms with Crippen molar-refractivity contribution in [2.24, 2.45) is 0 Å². The predicted molar refractivity (Wildman–Crippen MR) is 66.6 cm³/mol. The van der Waals surface area contributed by atoms with Crippen LogP contribution < -0.4 is 0 Å². The van der Waals surface area contributed by atoms with Gasteiger partial charge in [0.15, 0.2) is 4.21 Å². The molecule has 0 unspecified atom stereocenters. The van der Waals surface area contributed by atoms with Crippen molar-refractivity contribution in [1.29, 1.82) is 0 Å². The van der Waals surface area contributed by atoms with Crippen LogP contribution in [0.5, 0.6) is 0 Å². The minimum absolute atomic E-state index is 0.295. The molecule has 0 aliphatic heterocycles. The molecule has 4 nitrogen and oxygen atoms in total. The Kier molecular flexibility index (Phi) is 5.17. The molecular weight excluding hydrogens is 268 g/mol. The Hall–Kier alpha value is -0.170. The molecule has 0 aromatic carbocycles. The van der Waals surface area contributed by atoms with Gasteiger partial charge < -0.3 is 0 Å². The third kappa shape index (κ3) is 3.16. The average Bonchev–Trinajstić information content (AvgIpc) is 2.65. The minimum Gasteiger partial charge on any atom is -0.249 e. The molecular formula is C9H15ClN2O2S2. The number of hydrogen-bond donors (Lipinski definition) is 0. The molecule has 7 heteroatoms. The standard InChI is InChI=1S/C9H15ClN2O2S2/c1-3-5-12(6-4-10)16(13,14)9-7-11-8(2)15-9/h7H,3-6H2,1-2H3. The van der Waals surface area contributed by atoms with Crippen LogP contribution in [0.4, 0.5) is 0 Å². The summed E-state index contributed by atoms with van der Waals surface area (Å²) >= 11 is 6.80. The van der Waals surface area contributed by atoms with Crippen molar-refractivity contribution in [3.63, 3.8) is 0 Å². The number of halogens is 1. The van der Waals surface area contributed by atoms with E-state index >= 15 is 0 Å². The molecule has 0 spiro atoms. The summed E-state index contributed by atoms with van der Waals surface area (Å²) in [4.78, 5) is 3.97. The fourth-order valence-electron chi connectivity index (χ4n) is 1.28. The van der Waals surface area contributed by atoms with Gasteiger partial charge in [0.1, 0.15) is 0 Å². The fraction of sp³-hybridized carbons (Fsp3) is 0.667. The molecule has 92 valence electrons. The van der Waals surface area contributed by atoms with Gasteiger partial charge in [-0.3, -0.25) is 0 Å². The third-order valence-corrected chi connectivity index (χ3v) is 5.42. The van der Waals surface area contributed by atoms with E-state index in [-0.39, 0.29) is 0 Å².